The van der Waals surface area contributed by atoms with Gasteiger partial charge in [-0.1, -0.05) is 95.6 Å². The van der Waals surface area contributed by atoms with Crippen LogP contribution in [0.15, 0.2) is 108 Å². The molecule has 0 aliphatic carbocycles. The van der Waals surface area contributed by atoms with Crippen molar-refractivity contribution in [2.45, 2.75) is 6.92 Å². The van der Waals surface area contributed by atoms with E-state index in [0.29, 0.717) is 11.7 Å². The summed E-state index contributed by atoms with van der Waals surface area (Å²) in [5, 5.41) is 4.14. The Balaban J connectivity index is 1.37. The molecule has 3 nitrogen and oxygen atoms in total. The minimum absolute atomic E-state index is 0.525. The molecule has 1 heterocycles. The van der Waals surface area contributed by atoms with E-state index in [2.05, 4.69) is 89.9 Å². The summed E-state index contributed by atoms with van der Waals surface area (Å²) in [5.74, 6) is 1.13. The highest BCUT2D eigenvalue weighted by Gasteiger charge is 2.11. The second kappa shape index (κ2) is 7.80. The third-order valence-corrected chi connectivity index (χ3v) is 5.16. The van der Waals surface area contributed by atoms with Crippen LogP contribution < -0.4 is 0 Å². The first kappa shape index (κ1) is 18.1. The highest BCUT2D eigenvalue weighted by Crippen LogP contribution is 2.28. The van der Waals surface area contributed by atoms with E-state index < -0.39 is 0 Å². The molecule has 0 radical (unpaired) electrons. The SMILES string of the molecule is Cc1cccc(-c2noc(-c3ccc(-c4ccc(-c5ccccc5)cc4)cc3)n2)c1. The van der Waals surface area contributed by atoms with Gasteiger partial charge in [0, 0.05) is 11.1 Å². The Morgan fingerprint density at radius 2 is 1.07 bits per heavy atom. The van der Waals surface area contributed by atoms with Crippen LogP contribution in [-0.2, 0) is 0 Å². The Labute approximate surface area is 175 Å². The number of hydrogen-bond donors (Lipinski definition) is 0. The number of nitrogens with zero attached hydrogens (tertiary/aromatic N) is 2. The first-order valence-electron chi connectivity index (χ1n) is 9.93. The highest BCUT2D eigenvalue weighted by molar-refractivity contribution is 5.72. The van der Waals surface area contributed by atoms with E-state index in [4.69, 9.17) is 4.52 Å². The van der Waals surface area contributed by atoms with Crippen LogP contribution >= 0.6 is 0 Å². The summed E-state index contributed by atoms with van der Waals surface area (Å²) in [6.07, 6.45) is 0. The number of rotatable bonds is 4. The molecule has 0 aliphatic heterocycles. The Kier molecular flexibility index (Phi) is 4.70. The van der Waals surface area contributed by atoms with Crippen molar-refractivity contribution in [2.75, 3.05) is 0 Å². The van der Waals surface area contributed by atoms with Crippen molar-refractivity contribution in [3.63, 3.8) is 0 Å². The molecule has 0 saturated heterocycles. The van der Waals surface area contributed by atoms with Gasteiger partial charge >= 0.3 is 0 Å². The van der Waals surface area contributed by atoms with Crippen molar-refractivity contribution in [1.82, 2.24) is 10.1 Å². The van der Waals surface area contributed by atoms with Gasteiger partial charge in [-0.3, -0.25) is 0 Å². The third kappa shape index (κ3) is 3.65. The fourth-order valence-electron chi connectivity index (χ4n) is 3.53. The second-order valence-electron chi connectivity index (χ2n) is 7.31. The molecule has 5 aromatic rings. The maximum Gasteiger partial charge on any atom is 0.258 e. The molecule has 3 heteroatoms. The fourth-order valence-corrected chi connectivity index (χ4v) is 3.53. The molecule has 4 aromatic carbocycles. The van der Waals surface area contributed by atoms with Gasteiger partial charge in [0.2, 0.25) is 5.82 Å². The van der Waals surface area contributed by atoms with Crippen molar-refractivity contribution in [3.8, 4) is 45.1 Å². The molecule has 0 unspecified atom stereocenters. The van der Waals surface area contributed by atoms with E-state index in [1.54, 1.807) is 0 Å². The van der Waals surface area contributed by atoms with Crippen molar-refractivity contribution in [2.24, 2.45) is 0 Å². The van der Waals surface area contributed by atoms with Crippen molar-refractivity contribution in [1.29, 1.82) is 0 Å². The molecule has 0 amide bonds. The standard InChI is InChI=1S/C27H20N2O/c1-19-6-5-9-25(18-19)26-28-27(30-29-26)24-16-14-23(15-17-24)22-12-10-21(11-13-22)20-7-3-2-4-8-20/h2-18H,1H3. The van der Waals surface area contributed by atoms with Crippen LogP contribution in [0, 0.1) is 6.92 Å². The number of benzene rings is 4. The minimum Gasteiger partial charge on any atom is -0.334 e. The molecule has 5 rings (SSSR count). The first-order valence-corrected chi connectivity index (χ1v) is 9.93. The van der Waals surface area contributed by atoms with Gasteiger partial charge in [-0.2, -0.15) is 4.98 Å². The van der Waals surface area contributed by atoms with Gasteiger partial charge < -0.3 is 4.52 Å². The molecule has 0 atom stereocenters. The highest BCUT2D eigenvalue weighted by atomic mass is 16.5. The topological polar surface area (TPSA) is 38.9 Å². The van der Waals surface area contributed by atoms with Gasteiger partial charge in [0.1, 0.15) is 0 Å². The lowest BCUT2D eigenvalue weighted by Crippen LogP contribution is -1.83. The van der Waals surface area contributed by atoms with Gasteiger partial charge in [0.05, 0.1) is 0 Å². The van der Waals surface area contributed by atoms with Gasteiger partial charge in [-0.25, -0.2) is 0 Å². The van der Waals surface area contributed by atoms with Gasteiger partial charge in [-0.05, 0) is 47.4 Å². The maximum atomic E-state index is 5.49. The average molecular weight is 388 g/mol. The largest absolute Gasteiger partial charge is 0.334 e. The van der Waals surface area contributed by atoms with E-state index >= 15 is 0 Å². The predicted molar refractivity (Wildman–Crippen MR) is 121 cm³/mol. The molecule has 0 aliphatic rings. The molecular weight excluding hydrogens is 368 g/mol. The zero-order valence-electron chi connectivity index (χ0n) is 16.6. The van der Waals surface area contributed by atoms with Crippen LogP contribution in [0.3, 0.4) is 0 Å². The summed E-state index contributed by atoms with van der Waals surface area (Å²) in [6, 6.07) is 35.3. The van der Waals surface area contributed by atoms with Crippen molar-refractivity contribution >= 4 is 0 Å². The Morgan fingerprint density at radius 1 is 0.533 bits per heavy atom. The molecule has 0 N–H and O–H groups in total. The fraction of sp³-hybridized carbons (Fsp3) is 0.0370. The number of hydrogen-bond acceptors (Lipinski definition) is 3. The Hall–Kier alpha value is -3.98. The van der Waals surface area contributed by atoms with Crippen molar-refractivity contribution in [3.05, 3.63) is 109 Å². The van der Waals surface area contributed by atoms with Crippen LogP contribution in [-0.4, -0.2) is 10.1 Å². The van der Waals surface area contributed by atoms with E-state index in [-0.39, 0.29) is 0 Å². The summed E-state index contributed by atoms with van der Waals surface area (Å²) in [4.78, 5) is 4.56. The smallest absolute Gasteiger partial charge is 0.258 e. The lowest BCUT2D eigenvalue weighted by Gasteiger charge is -2.05. The average Bonchev–Trinajstić information content (AvgIpc) is 3.30. The monoisotopic (exact) mass is 388 g/mol. The summed E-state index contributed by atoms with van der Waals surface area (Å²) < 4.78 is 5.49. The quantitative estimate of drug-likeness (QED) is 0.331. The van der Waals surface area contributed by atoms with Crippen LogP contribution in [0.1, 0.15) is 5.56 Å². The molecule has 0 saturated carbocycles. The van der Waals surface area contributed by atoms with Crippen LogP contribution in [0.4, 0.5) is 0 Å². The van der Waals surface area contributed by atoms with E-state index in [0.717, 1.165) is 16.7 Å². The number of aromatic nitrogens is 2. The summed E-state index contributed by atoms with van der Waals surface area (Å²) >= 11 is 0. The molecule has 1 aromatic heterocycles. The van der Waals surface area contributed by atoms with Crippen LogP contribution in [0.5, 0.6) is 0 Å². The van der Waals surface area contributed by atoms with Crippen molar-refractivity contribution < 1.29 is 4.52 Å². The Morgan fingerprint density at radius 3 is 1.67 bits per heavy atom. The zero-order valence-corrected chi connectivity index (χ0v) is 16.6. The molecule has 0 fully saturated rings. The summed E-state index contributed by atoms with van der Waals surface area (Å²) in [7, 11) is 0. The summed E-state index contributed by atoms with van der Waals surface area (Å²) in [5.41, 5.74) is 7.79. The van der Waals surface area contributed by atoms with E-state index in [1.807, 2.05) is 30.3 Å². The zero-order chi connectivity index (χ0) is 20.3. The number of aryl methyl sites for hydroxylation is 1. The molecule has 144 valence electrons. The Bertz CT molecular complexity index is 1270. The van der Waals surface area contributed by atoms with E-state index in [9.17, 15) is 0 Å². The van der Waals surface area contributed by atoms with E-state index in [1.165, 1.54) is 22.3 Å². The van der Waals surface area contributed by atoms with Gasteiger partial charge in [0.25, 0.3) is 5.89 Å². The lowest BCUT2D eigenvalue weighted by molar-refractivity contribution is 0.432. The van der Waals surface area contributed by atoms with Crippen LogP contribution in [0.25, 0.3) is 45.1 Å². The first-order chi connectivity index (χ1) is 14.8. The van der Waals surface area contributed by atoms with Gasteiger partial charge in [0.15, 0.2) is 0 Å². The normalized spacial score (nSPS) is 10.8. The molecule has 0 spiro atoms. The molecular formula is C27H20N2O. The third-order valence-electron chi connectivity index (χ3n) is 5.16. The van der Waals surface area contributed by atoms with Gasteiger partial charge in [-0.15, -0.1) is 0 Å². The molecule has 30 heavy (non-hydrogen) atoms. The minimum atomic E-state index is 0.525. The lowest BCUT2D eigenvalue weighted by atomic mass is 9.99. The van der Waals surface area contributed by atoms with Crippen LogP contribution in [0.2, 0.25) is 0 Å². The maximum absolute atomic E-state index is 5.49. The molecule has 0 bridgehead atoms. The summed E-state index contributed by atoms with van der Waals surface area (Å²) in [6.45, 7) is 2.05. The second-order valence-corrected chi connectivity index (χ2v) is 7.31. The predicted octanol–water partition coefficient (Wildman–Crippen LogP) is 7.05.